The molecule has 2 unspecified atom stereocenters. The monoisotopic (exact) mass is 1170 g/mol. The van der Waals surface area contributed by atoms with Crippen LogP contribution in [0.15, 0.2) is 333 Å². The van der Waals surface area contributed by atoms with Crippen molar-refractivity contribution in [1.29, 1.82) is 0 Å². The molecular weight excluding hydrogens is 1110 g/mol. The van der Waals surface area contributed by atoms with Gasteiger partial charge < -0.3 is 27.5 Å². The fourth-order valence-corrected chi connectivity index (χ4v) is 15.7. The molecule has 2 atom stereocenters. The number of hydrogen-bond donors (Lipinski definition) is 0. The first-order valence-corrected chi connectivity index (χ1v) is 31.2. The lowest BCUT2D eigenvalue weighted by molar-refractivity contribution is 0.442. The molecule has 13 aromatic carbocycles. The summed E-state index contributed by atoms with van der Waals surface area (Å²) in [6.07, 6.45) is 2.54. The Morgan fingerprint density at radius 1 is 0.308 bits per heavy atom. The second-order valence-electron chi connectivity index (χ2n) is 24.0. The summed E-state index contributed by atoms with van der Waals surface area (Å²) in [6, 6.07) is 111. The molecule has 428 valence electrons. The van der Waals surface area contributed by atoms with Gasteiger partial charge in [0.15, 0.2) is 16.9 Å². The number of furan rings is 4. The molecule has 17 aromatic rings. The molecule has 0 radical (unpaired) electrons. The van der Waals surface area contributed by atoms with Gasteiger partial charge in [-0.05, 0) is 82.4 Å². The van der Waals surface area contributed by atoms with Crippen LogP contribution in [0.4, 0.5) is 28.4 Å². The molecule has 0 saturated heterocycles. The molecule has 0 spiro atoms. The van der Waals surface area contributed by atoms with Gasteiger partial charge in [0.2, 0.25) is 0 Å². The third-order valence-electron chi connectivity index (χ3n) is 19.4. The van der Waals surface area contributed by atoms with Crippen molar-refractivity contribution in [2.24, 2.45) is 5.92 Å². The van der Waals surface area contributed by atoms with Gasteiger partial charge >= 0.3 is 0 Å². The van der Waals surface area contributed by atoms with E-state index in [1.54, 1.807) is 0 Å². The van der Waals surface area contributed by atoms with Crippen molar-refractivity contribution >= 4 is 111 Å². The first-order valence-electron chi connectivity index (χ1n) is 31.2. The van der Waals surface area contributed by atoms with Gasteiger partial charge in [-0.1, -0.05) is 261 Å². The summed E-state index contributed by atoms with van der Waals surface area (Å²) in [5.41, 5.74) is 20.4. The average molecular weight is 1170 g/mol. The van der Waals surface area contributed by atoms with Crippen molar-refractivity contribution < 1.29 is 17.7 Å². The fourth-order valence-electron chi connectivity index (χ4n) is 15.7. The topological polar surface area (TPSA) is 59.0 Å². The Morgan fingerprint density at radius 3 is 1.29 bits per heavy atom. The molecule has 0 N–H and O–H groups in total. The van der Waals surface area contributed by atoms with Crippen LogP contribution in [-0.2, 0) is 5.41 Å². The van der Waals surface area contributed by atoms with Crippen LogP contribution < -0.4 is 9.80 Å². The van der Waals surface area contributed by atoms with Gasteiger partial charge in [-0.15, -0.1) is 0 Å². The van der Waals surface area contributed by atoms with Gasteiger partial charge in [0.25, 0.3) is 0 Å². The molecule has 4 aromatic heterocycles. The van der Waals surface area contributed by atoms with Crippen LogP contribution in [0.5, 0.6) is 0 Å². The zero-order valence-corrected chi connectivity index (χ0v) is 49.2. The lowest BCUT2D eigenvalue weighted by atomic mass is 9.62. The van der Waals surface area contributed by atoms with Crippen molar-refractivity contribution in [3.63, 3.8) is 0 Å². The molecule has 6 heteroatoms. The van der Waals surface area contributed by atoms with Crippen LogP contribution in [-0.4, -0.2) is 0 Å². The number of nitrogens with zero attached hydrogens (tertiary/aromatic N) is 2. The number of allylic oxidation sites excluding steroid dienone is 1. The highest BCUT2D eigenvalue weighted by Gasteiger charge is 2.59. The second kappa shape index (κ2) is 20.1. The van der Waals surface area contributed by atoms with Crippen LogP contribution >= 0.6 is 0 Å². The SMILES string of the molecule is C1=C(N(c2ccccc2)c2cccc3c2oc2c(-c4ccccc4)cccc23)c2oc3ccccc3c2C2c3c(cc(N(c4ccccc4)c4cccc5c4oc4c(-c6ccccc6)cccc45)c4c3oc3ccccc34)C(c3ccccc3)(c3ccccc3)C12. The molecule has 2 aliphatic rings. The van der Waals surface area contributed by atoms with Crippen molar-refractivity contribution in [2.45, 2.75) is 11.3 Å². The standard InChI is InChI=1S/C85H54N2O4/c1-7-27-53(28-8-1)59-41-23-43-61-63-45-25-47-69(81(63)90-79(59)61)86(57-35-15-5-16-36-57)71-51-68-78(84-75(71)65-39-19-21-49-73(65)89-84)77-67(85(68,55-31-11-3-12-32-55)56-33-13-4-14-34-56)52-72(83-76(77)66-40-20-22-50-74(66)88-83)87(58-37-17-6-18-38-58)70-48-26-46-64-62-44-24-42-60(80(62)91-82(64)70)54-29-9-2-10-30-54/h1-52,67,77H. The maximum Gasteiger partial charge on any atom is 0.159 e. The molecule has 4 heterocycles. The number of hydrogen-bond acceptors (Lipinski definition) is 6. The Balaban J connectivity index is 0.945. The van der Waals surface area contributed by atoms with Gasteiger partial charge in [-0.3, -0.25) is 0 Å². The lowest BCUT2D eigenvalue weighted by Crippen LogP contribution is -2.37. The van der Waals surface area contributed by atoms with E-state index >= 15 is 0 Å². The van der Waals surface area contributed by atoms with Gasteiger partial charge in [-0.25, -0.2) is 0 Å². The first kappa shape index (κ1) is 51.2. The second-order valence-corrected chi connectivity index (χ2v) is 24.0. The smallest absolute Gasteiger partial charge is 0.159 e. The third-order valence-corrected chi connectivity index (χ3v) is 19.4. The molecule has 6 nitrogen and oxygen atoms in total. The van der Waals surface area contributed by atoms with E-state index in [0.29, 0.717) is 0 Å². The normalized spacial score (nSPS) is 15.0. The summed E-state index contributed by atoms with van der Waals surface area (Å²) < 4.78 is 30.0. The van der Waals surface area contributed by atoms with E-state index in [-0.39, 0.29) is 11.8 Å². The number of para-hydroxylation sites is 8. The van der Waals surface area contributed by atoms with Crippen molar-refractivity contribution in [3.05, 3.63) is 349 Å². The zero-order valence-electron chi connectivity index (χ0n) is 49.2. The summed E-state index contributed by atoms with van der Waals surface area (Å²) in [6.45, 7) is 0. The summed E-state index contributed by atoms with van der Waals surface area (Å²) in [7, 11) is 0. The summed E-state index contributed by atoms with van der Waals surface area (Å²) in [5, 5.41) is 7.24. The molecule has 19 rings (SSSR count). The quantitative estimate of drug-likeness (QED) is 0.136. The van der Waals surface area contributed by atoms with E-state index in [1.807, 2.05) is 0 Å². The predicted molar refractivity (Wildman–Crippen MR) is 371 cm³/mol. The van der Waals surface area contributed by atoms with Gasteiger partial charge in [-0.2, -0.15) is 0 Å². The molecular formula is C85H54N2O4. The van der Waals surface area contributed by atoms with Crippen LogP contribution in [0.1, 0.15) is 39.5 Å². The van der Waals surface area contributed by atoms with E-state index in [9.17, 15) is 0 Å². The largest absolute Gasteiger partial charge is 0.456 e. The fraction of sp³-hybridized carbons (Fsp3) is 0.0353. The van der Waals surface area contributed by atoms with Crippen LogP contribution in [0.2, 0.25) is 0 Å². The summed E-state index contributed by atoms with van der Waals surface area (Å²) in [5.74, 6) is 0.190. The molecule has 0 amide bonds. The van der Waals surface area contributed by atoms with Crippen LogP contribution in [0.25, 0.3) is 105 Å². The number of rotatable bonds is 10. The van der Waals surface area contributed by atoms with E-state index in [4.69, 9.17) is 17.7 Å². The Labute approximate surface area is 524 Å². The number of anilines is 5. The Bertz CT molecular complexity index is 5690. The first-order chi connectivity index (χ1) is 45.2. The minimum Gasteiger partial charge on any atom is -0.456 e. The number of fused-ring (bicyclic) bond motifs is 17. The molecule has 2 aliphatic carbocycles. The molecule has 0 bridgehead atoms. The third kappa shape index (κ3) is 7.48. The highest BCUT2D eigenvalue weighted by Crippen LogP contribution is 2.68. The van der Waals surface area contributed by atoms with Crippen molar-refractivity contribution in [3.8, 4) is 22.3 Å². The maximum absolute atomic E-state index is 7.68. The minimum atomic E-state index is -0.873. The Morgan fingerprint density at radius 2 is 0.736 bits per heavy atom. The van der Waals surface area contributed by atoms with E-state index < -0.39 is 5.41 Å². The van der Waals surface area contributed by atoms with Crippen molar-refractivity contribution in [1.82, 2.24) is 0 Å². The van der Waals surface area contributed by atoms with E-state index in [2.05, 4.69) is 325 Å². The number of benzene rings is 13. The Hall–Kier alpha value is -11.9. The molecule has 91 heavy (non-hydrogen) atoms. The van der Waals surface area contributed by atoms with Gasteiger partial charge in [0.05, 0.1) is 33.6 Å². The Kier molecular flexibility index (Phi) is 11.3. The highest BCUT2D eigenvalue weighted by molar-refractivity contribution is 6.19. The summed E-state index contributed by atoms with van der Waals surface area (Å²) >= 11 is 0. The predicted octanol–water partition coefficient (Wildman–Crippen LogP) is 23.2. The van der Waals surface area contributed by atoms with Gasteiger partial charge in [0.1, 0.15) is 27.9 Å². The zero-order chi connectivity index (χ0) is 59.7. The van der Waals surface area contributed by atoms with E-state index in [1.165, 1.54) is 0 Å². The molecule has 0 fully saturated rings. The van der Waals surface area contributed by atoms with Crippen molar-refractivity contribution in [2.75, 3.05) is 9.80 Å². The maximum atomic E-state index is 7.68. The molecule has 0 aliphatic heterocycles. The van der Waals surface area contributed by atoms with Gasteiger partial charge in [0, 0.05) is 77.8 Å². The van der Waals surface area contributed by atoms with Crippen LogP contribution in [0, 0.1) is 5.92 Å². The molecule has 0 saturated carbocycles. The average Bonchev–Trinajstić information content (AvgIpc) is 1.51. The van der Waals surface area contributed by atoms with E-state index in [0.717, 1.165) is 167 Å². The minimum absolute atomic E-state index is 0.298. The van der Waals surface area contributed by atoms with Crippen LogP contribution in [0.3, 0.4) is 0 Å². The highest BCUT2D eigenvalue weighted by atomic mass is 16.3. The summed E-state index contributed by atoms with van der Waals surface area (Å²) in [4.78, 5) is 4.82. The lowest BCUT2D eigenvalue weighted by Gasteiger charge is -2.41.